The summed E-state index contributed by atoms with van der Waals surface area (Å²) < 4.78 is 4.79. The minimum absolute atomic E-state index is 0.112. The van der Waals surface area contributed by atoms with E-state index in [2.05, 4.69) is 88.1 Å². The Bertz CT molecular complexity index is 2630. The van der Waals surface area contributed by atoms with Crippen molar-refractivity contribution in [1.82, 2.24) is 40.0 Å². The third-order valence-electron chi connectivity index (χ3n) is 12.5. The van der Waals surface area contributed by atoms with Gasteiger partial charge in [0.2, 0.25) is 11.8 Å². The zero-order chi connectivity index (χ0) is 43.8. The first kappa shape index (κ1) is 42.0. The molecule has 322 valence electrons. The molecule has 14 nitrogen and oxygen atoms in total. The van der Waals surface area contributed by atoms with Gasteiger partial charge in [-0.2, -0.15) is 0 Å². The van der Waals surface area contributed by atoms with E-state index in [0.29, 0.717) is 18.9 Å². The zero-order valence-corrected chi connectivity index (χ0v) is 36.0. The Morgan fingerprint density at radius 1 is 0.742 bits per heavy atom. The van der Waals surface area contributed by atoms with Gasteiger partial charge in [0.25, 0.3) is 0 Å². The quantitative estimate of drug-likeness (QED) is 0.100. The zero-order valence-electron chi connectivity index (χ0n) is 36.0. The lowest BCUT2D eigenvalue weighted by Crippen LogP contribution is -2.51. The summed E-state index contributed by atoms with van der Waals surface area (Å²) in [5.74, 6) is 0.817. The van der Waals surface area contributed by atoms with E-state index in [1.54, 1.807) is 4.90 Å². The molecule has 0 saturated carbocycles. The monoisotopic (exact) mass is 838 g/mol. The second-order valence-corrected chi connectivity index (χ2v) is 17.2. The first-order chi connectivity index (χ1) is 29.8. The fraction of sp³-hybridized carbons (Fsp3) is 0.375. The number of likely N-dealkylation sites (tertiary alicyclic amines) is 2. The number of hydrogen-bond donors (Lipinski definition) is 4. The summed E-state index contributed by atoms with van der Waals surface area (Å²) in [6.45, 7) is 8.70. The maximum Gasteiger partial charge on any atom is 0.407 e. The van der Waals surface area contributed by atoms with Crippen molar-refractivity contribution in [3.63, 3.8) is 0 Å². The number of rotatable bonds is 11. The number of benzene rings is 4. The van der Waals surface area contributed by atoms with Gasteiger partial charge in [-0.05, 0) is 94.8 Å². The Kier molecular flexibility index (Phi) is 11.8. The number of imidazole rings is 2. The topological polar surface area (TPSA) is 177 Å². The van der Waals surface area contributed by atoms with Crippen LogP contribution in [0, 0.1) is 11.8 Å². The molecule has 2 saturated heterocycles. The van der Waals surface area contributed by atoms with Crippen LogP contribution >= 0.6 is 0 Å². The smallest absolute Gasteiger partial charge is 0.407 e. The molecule has 0 bridgehead atoms. The van der Waals surface area contributed by atoms with Crippen LogP contribution in [-0.2, 0) is 14.3 Å². The van der Waals surface area contributed by atoms with Gasteiger partial charge in [0.05, 0.1) is 35.9 Å². The number of carbonyl (C=O) groups excluding carboxylic acids is 3. The molecule has 4 heterocycles. The minimum Gasteiger partial charge on any atom is -0.465 e. The fourth-order valence-electron chi connectivity index (χ4n) is 9.15. The summed E-state index contributed by atoms with van der Waals surface area (Å²) in [4.78, 5) is 72.6. The molecule has 4 atom stereocenters. The fourth-order valence-corrected chi connectivity index (χ4v) is 9.15. The van der Waals surface area contributed by atoms with Crippen LogP contribution in [0.4, 0.5) is 9.59 Å². The van der Waals surface area contributed by atoms with Crippen molar-refractivity contribution in [2.75, 3.05) is 27.2 Å². The number of hydrogen-bond acceptors (Lipinski definition) is 7. The number of amides is 4. The van der Waals surface area contributed by atoms with Crippen molar-refractivity contribution < 1.29 is 29.0 Å². The minimum atomic E-state index is -1.12. The van der Waals surface area contributed by atoms with E-state index >= 15 is 0 Å². The van der Waals surface area contributed by atoms with Crippen LogP contribution in [-0.4, -0.2) is 103 Å². The molecule has 4 aromatic carbocycles. The van der Waals surface area contributed by atoms with Crippen LogP contribution in [0.2, 0.25) is 0 Å². The second kappa shape index (κ2) is 17.3. The van der Waals surface area contributed by atoms with Gasteiger partial charge in [0.15, 0.2) is 0 Å². The van der Waals surface area contributed by atoms with Crippen molar-refractivity contribution >= 4 is 45.8 Å². The van der Waals surface area contributed by atoms with Crippen molar-refractivity contribution in [2.45, 2.75) is 77.5 Å². The highest BCUT2D eigenvalue weighted by Gasteiger charge is 2.40. The largest absolute Gasteiger partial charge is 0.465 e. The van der Waals surface area contributed by atoms with Crippen molar-refractivity contribution in [3.05, 3.63) is 96.7 Å². The lowest BCUT2D eigenvalue weighted by Gasteiger charge is -2.33. The van der Waals surface area contributed by atoms with Gasteiger partial charge >= 0.3 is 12.2 Å². The number of fused-ring (bicyclic) bond motifs is 2. The number of aromatic amines is 2. The summed E-state index contributed by atoms with van der Waals surface area (Å²) in [5.41, 5.74) is 7.68. The van der Waals surface area contributed by atoms with Gasteiger partial charge in [0, 0.05) is 31.9 Å². The molecule has 14 heteroatoms. The van der Waals surface area contributed by atoms with Crippen LogP contribution in [0.15, 0.2) is 85.1 Å². The van der Waals surface area contributed by atoms with E-state index in [1.165, 1.54) is 14.2 Å². The van der Waals surface area contributed by atoms with Gasteiger partial charge in [-0.3, -0.25) is 14.5 Å². The Balaban J connectivity index is 0.981. The number of ether oxygens (including phenoxy) is 1. The number of carbonyl (C=O) groups is 4. The highest BCUT2D eigenvalue weighted by molar-refractivity contribution is 5.93. The molecule has 1 unspecified atom stereocenters. The Hall–Kier alpha value is -6.70. The molecule has 0 aliphatic carbocycles. The standard InChI is InChI=1S/C48H54N8O6/c1-27(2)41(53-47(59)62-6)45(57)55-21-8-10-40(55)44-50-36-20-19-34(25-37(36)51-44)33-18-14-30-13-17-32(23-35(30)24-33)29-11-15-31(16-12-29)38-26-49-43(52-38)39-9-7-22-56(39)46(58)42(28(3)4)54(5)48(60)61/h11-20,23-28,39-42H,7-10,21-22H2,1-6H3,(H,49,52)(H,50,51)(H,53,59)(H,60,61)/t39-,40?,41-,42-/m0/s1. The maximum atomic E-state index is 13.7. The molecule has 0 radical (unpaired) electrons. The summed E-state index contributed by atoms with van der Waals surface area (Å²) in [7, 11) is 2.75. The number of likely N-dealkylation sites (N-methyl/N-ethyl adjacent to an activating group) is 1. The molecule has 62 heavy (non-hydrogen) atoms. The number of H-pyrrole nitrogens is 2. The molecule has 0 spiro atoms. The number of nitrogens with zero attached hydrogens (tertiary/aromatic N) is 5. The van der Waals surface area contributed by atoms with Gasteiger partial charge in [-0.25, -0.2) is 19.6 Å². The molecule has 2 aliphatic heterocycles. The van der Waals surface area contributed by atoms with Crippen LogP contribution in [0.25, 0.3) is 55.3 Å². The van der Waals surface area contributed by atoms with E-state index in [-0.39, 0.29) is 35.7 Å². The normalized spacial score (nSPS) is 17.5. The van der Waals surface area contributed by atoms with E-state index < -0.39 is 24.3 Å². The molecular formula is C48H54N8O6. The van der Waals surface area contributed by atoms with Gasteiger partial charge < -0.3 is 34.9 Å². The van der Waals surface area contributed by atoms with Crippen LogP contribution in [0.1, 0.15) is 77.1 Å². The average molecular weight is 839 g/mol. The highest BCUT2D eigenvalue weighted by Crippen LogP contribution is 2.36. The molecular weight excluding hydrogens is 785 g/mol. The second-order valence-electron chi connectivity index (χ2n) is 17.2. The van der Waals surface area contributed by atoms with E-state index in [0.717, 1.165) is 91.7 Å². The lowest BCUT2D eigenvalue weighted by molar-refractivity contribution is -0.138. The summed E-state index contributed by atoms with van der Waals surface area (Å²) >= 11 is 0. The predicted molar refractivity (Wildman–Crippen MR) is 238 cm³/mol. The van der Waals surface area contributed by atoms with E-state index in [4.69, 9.17) is 14.7 Å². The van der Waals surface area contributed by atoms with Gasteiger partial charge in [-0.15, -0.1) is 0 Å². The maximum absolute atomic E-state index is 13.7. The number of alkyl carbamates (subject to hydrolysis) is 1. The Labute approximate surface area is 360 Å². The summed E-state index contributed by atoms with van der Waals surface area (Å²) in [6.07, 6.45) is 3.31. The van der Waals surface area contributed by atoms with Crippen LogP contribution in [0.5, 0.6) is 0 Å². The van der Waals surface area contributed by atoms with E-state index in [9.17, 15) is 24.3 Å². The summed E-state index contributed by atoms with van der Waals surface area (Å²) in [5, 5.41) is 14.6. The van der Waals surface area contributed by atoms with Crippen LogP contribution in [0.3, 0.4) is 0 Å². The molecule has 2 aromatic heterocycles. The number of aromatic nitrogens is 4. The number of methoxy groups -OCH3 is 1. The predicted octanol–water partition coefficient (Wildman–Crippen LogP) is 8.78. The van der Waals surface area contributed by atoms with E-state index in [1.807, 2.05) is 44.9 Å². The first-order valence-electron chi connectivity index (χ1n) is 21.4. The molecule has 4 amide bonds. The molecule has 8 rings (SSSR count). The summed E-state index contributed by atoms with van der Waals surface area (Å²) in [6, 6.07) is 25.5. The lowest BCUT2D eigenvalue weighted by atomic mass is 9.97. The first-order valence-corrected chi connectivity index (χ1v) is 21.4. The molecule has 2 aliphatic rings. The van der Waals surface area contributed by atoms with Crippen molar-refractivity contribution in [3.8, 4) is 33.5 Å². The average Bonchev–Trinajstić information content (AvgIpc) is 4.11. The molecule has 4 N–H and O–H groups in total. The van der Waals surface area contributed by atoms with Crippen LogP contribution < -0.4 is 5.32 Å². The van der Waals surface area contributed by atoms with Crippen molar-refractivity contribution in [1.29, 1.82) is 0 Å². The third kappa shape index (κ3) is 8.20. The SMILES string of the molecule is COC(=O)N[C@H](C(=O)N1CCCC1c1nc2cc(-c3ccc4ccc(-c5ccc(-c6c[nH]c([C@@H]7CCCN7C(=O)[C@H](C(C)C)N(C)C(=O)O)n6)cc5)cc4c3)ccc2[nH]1)C(C)C. The Morgan fingerprint density at radius 3 is 1.95 bits per heavy atom. The number of carboxylic acid groups (broad SMARTS) is 1. The Morgan fingerprint density at radius 2 is 1.32 bits per heavy atom. The molecule has 6 aromatic rings. The molecule has 2 fully saturated rings. The van der Waals surface area contributed by atoms with Crippen molar-refractivity contribution in [2.24, 2.45) is 11.8 Å². The van der Waals surface area contributed by atoms with Gasteiger partial charge in [0.1, 0.15) is 23.7 Å². The third-order valence-corrected chi connectivity index (χ3v) is 12.5. The highest BCUT2D eigenvalue weighted by atomic mass is 16.5. The number of nitrogens with one attached hydrogen (secondary N) is 3. The van der Waals surface area contributed by atoms with Gasteiger partial charge in [-0.1, -0.05) is 82.3 Å².